The van der Waals surface area contributed by atoms with Gasteiger partial charge >= 0.3 is 0 Å². The molecule has 2 aliphatic rings. The Balaban J connectivity index is 2.09. The lowest BCUT2D eigenvalue weighted by atomic mass is 9.77. The van der Waals surface area contributed by atoms with E-state index in [-0.39, 0.29) is 0 Å². The van der Waals surface area contributed by atoms with Crippen LogP contribution in [0.4, 0.5) is 0 Å². The Morgan fingerprint density at radius 1 is 1.29 bits per heavy atom. The van der Waals surface area contributed by atoms with Gasteiger partial charge < -0.3 is 10.2 Å². The molecule has 2 heteroatoms. The molecule has 14 heavy (non-hydrogen) atoms. The average Bonchev–Trinajstić information content (AvgIpc) is 2.17. The van der Waals surface area contributed by atoms with Gasteiger partial charge in [-0.2, -0.15) is 0 Å². The summed E-state index contributed by atoms with van der Waals surface area (Å²) in [6, 6.07) is 1.52. The van der Waals surface area contributed by atoms with E-state index in [1.165, 1.54) is 32.4 Å². The molecule has 3 atom stereocenters. The fraction of sp³-hybridized carbons (Fsp3) is 1.00. The van der Waals surface area contributed by atoms with Crippen molar-refractivity contribution in [2.45, 2.75) is 45.2 Å². The third-order valence-electron chi connectivity index (χ3n) is 4.05. The molecule has 2 heterocycles. The summed E-state index contributed by atoms with van der Waals surface area (Å²) >= 11 is 0. The standard InChI is InChI=1S/C12H24N2/c1-9(2)12-11-10(5-4-7-13-11)6-8-14(12)3/h9-13H,4-8H2,1-3H3. The number of likely N-dealkylation sites (N-methyl/N-ethyl adjacent to an activating group) is 1. The molecule has 2 saturated heterocycles. The normalized spacial score (nSPS) is 39.9. The van der Waals surface area contributed by atoms with E-state index in [1.54, 1.807) is 0 Å². The zero-order valence-electron chi connectivity index (χ0n) is 9.79. The van der Waals surface area contributed by atoms with Crippen LogP contribution < -0.4 is 5.32 Å². The molecule has 0 spiro atoms. The van der Waals surface area contributed by atoms with Crippen LogP contribution in [0.1, 0.15) is 33.1 Å². The molecule has 2 rings (SSSR count). The Bertz CT molecular complexity index is 191. The number of hydrogen-bond acceptors (Lipinski definition) is 2. The van der Waals surface area contributed by atoms with E-state index in [2.05, 4.69) is 31.1 Å². The molecule has 0 aromatic rings. The van der Waals surface area contributed by atoms with Crippen molar-refractivity contribution in [1.29, 1.82) is 0 Å². The number of fused-ring (bicyclic) bond motifs is 1. The van der Waals surface area contributed by atoms with E-state index in [4.69, 9.17) is 0 Å². The van der Waals surface area contributed by atoms with Gasteiger partial charge in [0.2, 0.25) is 0 Å². The maximum atomic E-state index is 3.74. The number of nitrogens with zero attached hydrogens (tertiary/aromatic N) is 1. The summed E-state index contributed by atoms with van der Waals surface area (Å²) in [5.74, 6) is 1.73. The number of hydrogen-bond donors (Lipinski definition) is 1. The van der Waals surface area contributed by atoms with Crippen LogP contribution in [0.5, 0.6) is 0 Å². The van der Waals surface area contributed by atoms with Gasteiger partial charge in [0, 0.05) is 12.1 Å². The van der Waals surface area contributed by atoms with E-state index >= 15 is 0 Å². The lowest BCUT2D eigenvalue weighted by molar-refractivity contribution is 0.0473. The van der Waals surface area contributed by atoms with Gasteiger partial charge in [0.1, 0.15) is 0 Å². The zero-order chi connectivity index (χ0) is 10.1. The molecule has 0 aromatic heterocycles. The van der Waals surface area contributed by atoms with Gasteiger partial charge in [-0.15, -0.1) is 0 Å². The van der Waals surface area contributed by atoms with Crippen LogP contribution in [0.15, 0.2) is 0 Å². The van der Waals surface area contributed by atoms with E-state index in [1.807, 2.05) is 0 Å². The van der Waals surface area contributed by atoms with Gasteiger partial charge in [0.15, 0.2) is 0 Å². The first-order valence-electron chi connectivity index (χ1n) is 6.14. The second-order valence-corrected chi connectivity index (χ2v) is 5.39. The minimum absolute atomic E-state index is 0.758. The van der Waals surface area contributed by atoms with Crippen molar-refractivity contribution in [1.82, 2.24) is 10.2 Å². The fourth-order valence-corrected chi connectivity index (χ4v) is 3.42. The summed E-state index contributed by atoms with van der Waals surface area (Å²) in [6.45, 7) is 7.25. The van der Waals surface area contributed by atoms with Crippen LogP contribution in [0.25, 0.3) is 0 Å². The molecular formula is C12H24N2. The Morgan fingerprint density at radius 3 is 2.79 bits per heavy atom. The maximum absolute atomic E-state index is 3.74. The molecule has 0 radical (unpaired) electrons. The Labute approximate surface area is 88.1 Å². The van der Waals surface area contributed by atoms with Crippen LogP contribution in [-0.2, 0) is 0 Å². The Kier molecular flexibility index (Phi) is 3.13. The first-order chi connectivity index (χ1) is 6.70. The molecule has 0 saturated carbocycles. The van der Waals surface area contributed by atoms with Gasteiger partial charge in [-0.25, -0.2) is 0 Å². The molecule has 3 unspecified atom stereocenters. The average molecular weight is 196 g/mol. The van der Waals surface area contributed by atoms with Crippen molar-refractivity contribution >= 4 is 0 Å². The quantitative estimate of drug-likeness (QED) is 0.687. The highest BCUT2D eigenvalue weighted by Gasteiger charge is 2.38. The van der Waals surface area contributed by atoms with Crippen molar-refractivity contribution < 1.29 is 0 Å². The Morgan fingerprint density at radius 2 is 2.07 bits per heavy atom. The van der Waals surface area contributed by atoms with Crippen molar-refractivity contribution in [3.8, 4) is 0 Å². The molecular weight excluding hydrogens is 172 g/mol. The monoisotopic (exact) mass is 196 g/mol. The predicted octanol–water partition coefficient (Wildman–Crippen LogP) is 1.71. The number of piperidine rings is 2. The van der Waals surface area contributed by atoms with E-state index < -0.39 is 0 Å². The molecule has 2 fully saturated rings. The van der Waals surface area contributed by atoms with Gasteiger partial charge in [0.25, 0.3) is 0 Å². The minimum Gasteiger partial charge on any atom is -0.312 e. The highest BCUT2D eigenvalue weighted by Crippen LogP contribution is 2.31. The predicted molar refractivity (Wildman–Crippen MR) is 60.4 cm³/mol. The van der Waals surface area contributed by atoms with Crippen LogP contribution >= 0.6 is 0 Å². The third-order valence-corrected chi connectivity index (χ3v) is 4.05. The van der Waals surface area contributed by atoms with Gasteiger partial charge in [-0.1, -0.05) is 13.8 Å². The second-order valence-electron chi connectivity index (χ2n) is 5.39. The van der Waals surface area contributed by atoms with Crippen molar-refractivity contribution in [2.24, 2.45) is 11.8 Å². The summed E-state index contributed by atoms with van der Waals surface area (Å²) in [5, 5.41) is 3.74. The van der Waals surface area contributed by atoms with Crippen molar-refractivity contribution in [2.75, 3.05) is 20.1 Å². The smallest absolute Gasteiger partial charge is 0.0271 e. The molecule has 2 nitrogen and oxygen atoms in total. The summed E-state index contributed by atoms with van der Waals surface area (Å²) in [4.78, 5) is 2.56. The van der Waals surface area contributed by atoms with Crippen LogP contribution in [0, 0.1) is 11.8 Å². The first-order valence-corrected chi connectivity index (χ1v) is 6.14. The van der Waals surface area contributed by atoms with Gasteiger partial charge in [-0.05, 0) is 51.2 Å². The lowest BCUT2D eigenvalue weighted by Crippen LogP contribution is -2.60. The lowest BCUT2D eigenvalue weighted by Gasteiger charge is -2.48. The molecule has 1 N–H and O–H groups in total. The Hall–Kier alpha value is -0.0800. The SMILES string of the molecule is CC(C)C1C2NCCCC2CCN1C. The highest BCUT2D eigenvalue weighted by molar-refractivity contribution is 4.96. The largest absolute Gasteiger partial charge is 0.312 e. The van der Waals surface area contributed by atoms with E-state index in [0.717, 1.165) is 23.9 Å². The van der Waals surface area contributed by atoms with Crippen LogP contribution in [0.3, 0.4) is 0 Å². The minimum atomic E-state index is 0.758. The van der Waals surface area contributed by atoms with Crippen LogP contribution in [0.2, 0.25) is 0 Å². The molecule has 82 valence electrons. The third kappa shape index (κ3) is 1.82. The topological polar surface area (TPSA) is 15.3 Å². The highest BCUT2D eigenvalue weighted by atomic mass is 15.2. The number of rotatable bonds is 1. The van der Waals surface area contributed by atoms with Crippen LogP contribution in [-0.4, -0.2) is 37.1 Å². The van der Waals surface area contributed by atoms with E-state index in [9.17, 15) is 0 Å². The van der Waals surface area contributed by atoms with Crippen molar-refractivity contribution in [3.63, 3.8) is 0 Å². The fourth-order valence-electron chi connectivity index (χ4n) is 3.42. The molecule has 0 aromatic carbocycles. The second kappa shape index (κ2) is 4.19. The zero-order valence-corrected chi connectivity index (χ0v) is 9.79. The summed E-state index contributed by atoms with van der Waals surface area (Å²) in [7, 11) is 2.29. The first kappa shape index (κ1) is 10.4. The van der Waals surface area contributed by atoms with Gasteiger partial charge in [0.05, 0.1) is 0 Å². The summed E-state index contributed by atoms with van der Waals surface area (Å²) < 4.78 is 0. The summed E-state index contributed by atoms with van der Waals surface area (Å²) in [6.07, 6.45) is 4.24. The maximum Gasteiger partial charge on any atom is 0.0271 e. The van der Waals surface area contributed by atoms with E-state index in [0.29, 0.717) is 0 Å². The molecule has 0 aliphatic carbocycles. The summed E-state index contributed by atoms with van der Waals surface area (Å²) in [5.41, 5.74) is 0. The molecule has 2 aliphatic heterocycles. The molecule has 0 bridgehead atoms. The van der Waals surface area contributed by atoms with Gasteiger partial charge in [-0.3, -0.25) is 0 Å². The van der Waals surface area contributed by atoms with Crippen molar-refractivity contribution in [3.05, 3.63) is 0 Å². The number of nitrogens with one attached hydrogen (secondary N) is 1. The number of likely N-dealkylation sites (tertiary alicyclic amines) is 1. The molecule has 0 amide bonds.